The van der Waals surface area contributed by atoms with Gasteiger partial charge in [0.2, 0.25) is 0 Å². The Balaban J connectivity index is 2.24. The van der Waals surface area contributed by atoms with Crippen LogP contribution in [0.4, 0.5) is 23.7 Å². The molecule has 0 fully saturated rings. The zero-order valence-corrected chi connectivity index (χ0v) is 15.8. The Kier molecular flexibility index (Phi) is 4.89. The first-order valence-corrected chi connectivity index (χ1v) is 8.86. The van der Waals surface area contributed by atoms with Gasteiger partial charge >= 0.3 is 12.3 Å². The molecule has 0 saturated heterocycles. The second kappa shape index (κ2) is 6.75. The fourth-order valence-corrected chi connectivity index (χ4v) is 3.54. The lowest BCUT2D eigenvalue weighted by atomic mass is 9.80. The monoisotopic (exact) mass is 444 g/mol. The van der Waals surface area contributed by atoms with Crippen LogP contribution < -0.4 is 10.6 Å². The number of amides is 1. The summed E-state index contributed by atoms with van der Waals surface area (Å²) in [6.07, 6.45) is -2.57. The number of hydrogen-bond acceptors (Lipinski definition) is 4. The highest BCUT2D eigenvalue weighted by molar-refractivity contribution is 9.10. The predicted octanol–water partition coefficient (Wildman–Crippen LogP) is 4.34. The van der Waals surface area contributed by atoms with Gasteiger partial charge in [0, 0.05) is 18.3 Å². The molecule has 2 atom stereocenters. The number of carboxylic acid groups (broad SMARTS) is 1. The van der Waals surface area contributed by atoms with Crippen molar-refractivity contribution < 1.29 is 23.1 Å². The number of alkyl halides is 3. The molecule has 1 aliphatic heterocycles. The normalized spacial score (nSPS) is 22.4. The van der Waals surface area contributed by atoms with E-state index < -0.39 is 29.4 Å². The van der Waals surface area contributed by atoms with Gasteiger partial charge in [0.15, 0.2) is 0 Å². The van der Waals surface area contributed by atoms with E-state index in [-0.39, 0.29) is 29.9 Å². The lowest BCUT2D eigenvalue weighted by Crippen LogP contribution is -2.61. The van der Waals surface area contributed by atoms with Crippen LogP contribution in [0.1, 0.15) is 42.6 Å². The number of halogens is 4. The molecule has 2 heterocycles. The molecule has 0 spiro atoms. The highest BCUT2D eigenvalue weighted by atomic mass is 79.9. The third-order valence-corrected chi connectivity index (χ3v) is 5.14. The van der Waals surface area contributed by atoms with E-state index in [0.29, 0.717) is 4.47 Å². The molecule has 0 saturated carbocycles. The molecule has 3 N–H and O–H groups in total. The first kappa shape index (κ1) is 19.6. The first-order valence-electron chi connectivity index (χ1n) is 8.07. The Morgan fingerprint density at radius 2 is 2.04 bits per heavy atom. The number of anilines is 1. The van der Waals surface area contributed by atoms with Gasteiger partial charge in [-0.05, 0) is 52.5 Å². The maximum absolute atomic E-state index is 13.2. The smallest absolute Gasteiger partial charge is 0.416 e. The van der Waals surface area contributed by atoms with Crippen LogP contribution in [0, 0.1) is 0 Å². The Labute approximate surface area is 161 Å². The number of hydrogen-bond donors (Lipinski definition) is 2. The van der Waals surface area contributed by atoms with Crippen molar-refractivity contribution in [3.63, 3.8) is 0 Å². The fraction of sp³-hybridized carbons (Fsp3) is 0.353. The van der Waals surface area contributed by atoms with E-state index in [4.69, 9.17) is 5.73 Å². The maximum atomic E-state index is 13.2. The second-order valence-electron chi connectivity index (χ2n) is 6.36. The molecule has 0 aliphatic carbocycles. The van der Waals surface area contributed by atoms with Crippen molar-refractivity contribution >= 4 is 27.7 Å². The minimum Gasteiger partial charge on any atom is -0.465 e. The zero-order chi connectivity index (χ0) is 20.0. The van der Waals surface area contributed by atoms with Crippen molar-refractivity contribution in [2.24, 2.45) is 5.73 Å². The molecule has 6 nitrogen and oxygen atoms in total. The summed E-state index contributed by atoms with van der Waals surface area (Å²) < 4.78 is 40.3. The van der Waals surface area contributed by atoms with Crippen molar-refractivity contribution in [3.05, 3.63) is 52.0 Å². The average molecular weight is 445 g/mol. The minimum absolute atomic E-state index is 0.0613. The lowest BCUT2D eigenvalue weighted by Gasteiger charge is -2.46. The van der Waals surface area contributed by atoms with Crippen molar-refractivity contribution in [1.29, 1.82) is 0 Å². The molecule has 10 heteroatoms. The topological polar surface area (TPSA) is 92.3 Å². The molecule has 3 rings (SSSR count). The quantitative estimate of drug-likeness (QED) is 0.718. The molecule has 2 aromatic rings. The van der Waals surface area contributed by atoms with Crippen LogP contribution in [-0.2, 0) is 6.18 Å². The van der Waals surface area contributed by atoms with E-state index in [1.807, 2.05) is 0 Å². The van der Waals surface area contributed by atoms with Gasteiger partial charge in [-0.25, -0.2) is 14.8 Å². The van der Waals surface area contributed by atoms with Gasteiger partial charge in [0.25, 0.3) is 0 Å². The van der Waals surface area contributed by atoms with Gasteiger partial charge in [-0.2, -0.15) is 13.2 Å². The van der Waals surface area contributed by atoms with Crippen LogP contribution in [0.15, 0.2) is 35.1 Å². The fourth-order valence-electron chi connectivity index (χ4n) is 3.34. The van der Waals surface area contributed by atoms with Crippen molar-refractivity contribution in [3.8, 4) is 0 Å². The molecule has 27 heavy (non-hydrogen) atoms. The molecule has 1 aromatic heterocycles. The number of carbonyl (C=O) groups is 1. The summed E-state index contributed by atoms with van der Waals surface area (Å²) in [6.45, 7) is 1.73. The number of rotatable bonds is 2. The summed E-state index contributed by atoms with van der Waals surface area (Å²) in [5, 5.41) is 9.66. The summed E-state index contributed by atoms with van der Waals surface area (Å²) in [4.78, 5) is 21.2. The Morgan fingerprint density at radius 1 is 1.41 bits per heavy atom. The third kappa shape index (κ3) is 3.51. The summed E-state index contributed by atoms with van der Waals surface area (Å²) in [7, 11) is 0. The Bertz CT molecular complexity index is 875. The third-order valence-electron chi connectivity index (χ3n) is 4.73. The van der Waals surface area contributed by atoms with Crippen molar-refractivity contribution in [2.75, 3.05) is 4.90 Å². The number of fused-ring (bicyclic) bond motifs is 1. The molecular formula is C17H16BrF3N4O2. The van der Waals surface area contributed by atoms with E-state index in [9.17, 15) is 23.1 Å². The van der Waals surface area contributed by atoms with Gasteiger partial charge in [-0.15, -0.1) is 0 Å². The molecule has 0 radical (unpaired) electrons. The van der Waals surface area contributed by atoms with E-state index in [1.165, 1.54) is 12.4 Å². The second-order valence-corrected chi connectivity index (χ2v) is 7.28. The molecule has 1 aliphatic rings. The lowest BCUT2D eigenvalue weighted by molar-refractivity contribution is -0.137. The molecule has 144 valence electrons. The number of aromatic nitrogens is 2. The number of nitrogens with zero attached hydrogens (tertiary/aromatic N) is 3. The van der Waals surface area contributed by atoms with Gasteiger partial charge < -0.3 is 10.8 Å². The predicted molar refractivity (Wildman–Crippen MR) is 95.3 cm³/mol. The summed E-state index contributed by atoms with van der Waals surface area (Å²) in [6, 6.07) is 2.96. The van der Waals surface area contributed by atoms with Gasteiger partial charge in [-0.3, -0.25) is 4.90 Å². The molecule has 0 bridgehead atoms. The molecular weight excluding hydrogens is 429 g/mol. The summed E-state index contributed by atoms with van der Waals surface area (Å²) in [5.41, 5.74) is 4.50. The first-order chi connectivity index (χ1) is 12.6. The molecule has 0 unspecified atom stereocenters. The van der Waals surface area contributed by atoms with Crippen LogP contribution in [-0.4, -0.2) is 26.8 Å². The van der Waals surface area contributed by atoms with Crippen molar-refractivity contribution in [1.82, 2.24) is 9.97 Å². The van der Waals surface area contributed by atoms with Crippen LogP contribution >= 0.6 is 15.9 Å². The maximum Gasteiger partial charge on any atom is 0.416 e. The zero-order valence-electron chi connectivity index (χ0n) is 14.2. The highest BCUT2D eigenvalue weighted by Gasteiger charge is 2.46. The number of benzene rings is 1. The van der Waals surface area contributed by atoms with Crippen LogP contribution in [0.3, 0.4) is 0 Å². The van der Waals surface area contributed by atoms with Gasteiger partial charge in [-0.1, -0.05) is 6.92 Å². The SMILES string of the molecule is CC[C@]1(N)C[C@H](c2ncc(Br)cn2)c2cc(C(F)(F)F)ccc2N1C(=O)O. The Morgan fingerprint density at radius 3 is 2.56 bits per heavy atom. The summed E-state index contributed by atoms with van der Waals surface area (Å²) >= 11 is 3.22. The summed E-state index contributed by atoms with van der Waals surface area (Å²) in [5.74, 6) is -0.386. The van der Waals surface area contributed by atoms with Crippen molar-refractivity contribution in [2.45, 2.75) is 37.5 Å². The molecule has 1 aromatic carbocycles. The van der Waals surface area contributed by atoms with Crippen LogP contribution in [0.5, 0.6) is 0 Å². The van der Waals surface area contributed by atoms with E-state index in [0.717, 1.165) is 23.1 Å². The Hall–Kier alpha value is -2.20. The standard InChI is InChI=1S/C17H16BrF3N4O2/c1-2-16(22)6-12(14-23-7-10(18)8-24-14)11-5-9(17(19,20)21)3-4-13(11)25(16)15(26)27/h3-5,7-8,12H,2,6,22H2,1H3,(H,26,27)/t12-,16+/m0/s1. The minimum atomic E-state index is -4.56. The average Bonchev–Trinajstić information content (AvgIpc) is 2.60. The number of nitrogens with two attached hydrogens (primary N) is 1. The van der Waals surface area contributed by atoms with E-state index in [2.05, 4.69) is 25.9 Å². The van der Waals surface area contributed by atoms with Gasteiger partial charge in [0.1, 0.15) is 11.5 Å². The largest absolute Gasteiger partial charge is 0.465 e. The van der Waals surface area contributed by atoms with E-state index in [1.54, 1.807) is 6.92 Å². The van der Waals surface area contributed by atoms with Crippen LogP contribution in [0.25, 0.3) is 0 Å². The van der Waals surface area contributed by atoms with Gasteiger partial charge in [0.05, 0.1) is 15.7 Å². The van der Waals surface area contributed by atoms with Crippen LogP contribution in [0.2, 0.25) is 0 Å². The highest BCUT2D eigenvalue weighted by Crippen LogP contribution is 2.46. The molecule has 1 amide bonds. The van der Waals surface area contributed by atoms with E-state index >= 15 is 0 Å².